The van der Waals surface area contributed by atoms with Gasteiger partial charge < -0.3 is 13.6 Å². The molecule has 4 aromatic carbocycles. The molecule has 5 aromatic heterocycles. The zero-order valence-electron chi connectivity index (χ0n) is 20.7. The van der Waals surface area contributed by atoms with E-state index in [1.54, 1.807) is 0 Å². The Morgan fingerprint density at radius 1 is 0.487 bits per heavy atom. The lowest BCUT2D eigenvalue weighted by Crippen LogP contribution is -1.99. The fourth-order valence-electron chi connectivity index (χ4n) is 6.16. The number of para-hydroxylation sites is 3. The van der Waals surface area contributed by atoms with E-state index in [2.05, 4.69) is 94.1 Å². The van der Waals surface area contributed by atoms with Crippen LogP contribution in [-0.2, 0) is 0 Å². The van der Waals surface area contributed by atoms with Crippen LogP contribution in [0.25, 0.3) is 77.2 Å². The molecule has 5 heteroatoms. The van der Waals surface area contributed by atoms with Crippen molar-refractivity contribution >= 4 is 65.8 Å². The van der Waals surface area contributed by atoms with E-state index in [-0.39, 0.29) is 0 Å². The van der Waals surface area contributed by atoms with Gasteiger partial charge in [0.05, 0.1) is 33.1 Å². The summed E-state index contributed by atoms with van der Waals surface area (Å²) in [5, 5.41) is 4.35. The number of benzene rings is 4. The Labute approximate surface area is 222 Å². The number of aromatic nitrogens is 4. The second-order valence-electron chi connectivity index (χ2n) is 9.89. The summed E-state index contributed by atoms with van der Waals surface area (Å²) >= 11 is 0. The topological polar surface area (TPSA) is 48.8 Å². The fraction of sp³-hybridized carbons (Fsp3) is 0. The van der Waals surface area contributed by atoms with Crippen molar-refractivity contribution < 1.29 is 4.42 Å². The molecule has 0 aliphatic carbocycles. The maximum atomic E-state index is 6.15. The van der Waals surface area contributed by atoms with Crippen LogP contribution >= 0.6 is 0 Å². The summed E-state index contributed by atoms with van der Waals surface area (Å²) in [7, 11) is 0. The van der Waals surface area contributed by atoms with Gasteiger partial charge in [0.2, 0.25) is 0 Å². The highest BCUT2D eigenvalue weighted by Crippen LogP contribution is 2.40. The van der Waals surface area contributed by atoms with Crippen molar-refractivity contribution in [3.63, 3.8) is 0 Å². The SMILES string of the molecule is c1ccc(-n2c3cccnc3c3cnc4c5ccccc5n(-c5ccc6oc7ccccc7c6c5)c4c32)cc1. The highest BCUT2D eigenvalue weighted by atomic mass is 16.3. The van der Waals surface area contributed by atoms with Crippen LogP contribution in [0.3, 0.4) is 0 Å². The van der Waals surface area contributed by atoms with Crippen molar-refractivity contribution in [3.05, 3.63) is 122 Å². The summed E-state index contributed by atoms with van der Waals surface area (Å²) in [6, 6.07) is 37.8. The van der Waals surface area contributed by atoms with Gasteiger partial charge in [0, 0.05) is 45.3 Å². The van der Waals surface area contributed by atoms with Gasteiger partial charge in [-0.25, -0.2) is 0 Å². The first-order valence-electron chi connectivity index (χ1n) is 13.0. The molecule has 5 heterocycles. The van der Waals surface area contributed by atoms with E-state index in [4.69, 9.17) is 14.4 Å². The highest BCUT2D eigenvalue weighted by molar-refractivity contribution is 6.21. The quantitative estimate of drug-likeness (QED) is 0.239. The molecule has 5 nitrogen and oxygen atoms in total. The predicted molar refractivity (Wildman–Crippen MR) is 158 cm³/mol. The van der Waals surface area contributed by atoms with Crippen molar-refractivity contribution in [3.8, 4) is 11.4 Å². The Kier molecular flexibility index (Phi) is 3.99. The monoisotopic (exact) mass is 500 g/mol. The van der Waals surface area contributed by atoms with E-state index in [0.29, 0.717) is 0 Å². The number of hydrogen-bond donors (Lipinski definition) is 0. The molecule has 0 aliphatic heterocycles. The van der Waals surface area contributed by atoms with E-state index >= 15 is 0 Å². The van der Waals surface area contributed by atoms with E-state index in [0.717, 1.165) is 77.2 Å². The van der Waals surface area contributed by atoms with E-state index in [1.807, 2.05) is 36.7 Å². The molecule has 9 rings (SSSR count). The Morgan fingerprint density at radius 3 is 2.15 bits per heavy atom. The Bertz CT molecular complexity index is 2390. The Morgan fingerprint density at radius 2 is 1.23 bits per heavy atom. The minimum Gasteiger partial charge on any atom is -0.456 e. The van der Waals surface area contributed by atoms with Crippen molar-refractivity contribution in [2.45, 2.75) is 0 Å². The van der Waals surface area contributed by atoms with Gasteiger partial charge in [-0.05, 0) is 54.6 Å². The number of rotatable bonds is 2. The Balaban J connectivity index is 1.51. The fourth-order valence-corrected chi connectivity index (χ4v) is 6.16. The van der Waals surface area contributed by atoms with Gasteiger partial charge in [0.15, 0.2) is 0 Å². The van der Waals surface area contributed by atoms with Crippen LogP contribution in [0.15, 0.2) is 126 Å². The lowest BCUT2D eigenvalue weighted by molar-refractivity contribution is 0.669. The van der Waals surface area contributed by atoms with Gasteiger partial charge in [-0.15, -0.1) is 0 Å². The minimum absolute atomic E-state index is 0.881. The molecule has 39 heavy (non-hydrogen) atoms. The normalized spacial score (nSPS) is 12.1. The molecule has 0 atom stereocenters. The van der Waals surface area contributed by atoms with Gasteiger partial charge in [-0.3, -0.25) is 9.97 Å². The van der Waals surface area contributed by atoms with Gasteiger partial charge >= 0.3 is 0 Å². The molecule has 182 valence electrons. The standard InChI is InChI=1S/C34H20N4O/c1-2-9-21(10-3-1)37-28-14-8-18-35-31(28)26-20-36-32-24-12-4-6-13-27(24)38(34(32)33(26)37)22-16-17-30-25(19-22)23-11-5-7-15-29(23)39-30/h1-20H. The van der Waals surface area contributed by atoms with Crippen LogP contribution < -0.4 is 0 Å². The smallest absolute Gasteiger partial charge is 0.135 e. The van der Waals surface area contributed by atoms with Crippen molar-refractivity contribution in [2.75, 3.05) is 0 Å². The molecule has 0 unspecified atom stereocenters. The maximum Gasteiger partial charge on any atom is 0.135 e. The van der Waals surface area contributed by atoms with E-state index < -0.39 is 0 Å². The van der Waals surface area contributed by atoms with E-state index in [9.17, 15) is 0 Å². The largest absolute Gasteiger partial charge is 0.456 e. The van der Waals surface area contributed by atoms with Crippen LogP contribution in [0.4, 0.5) is 0 Å². The third-order valence-corrected chi connectivity index (χ3v) is 7.79. The molecule has 0 amide bonds. The zero-order valence-corrected chi connectivity index (χ0v) is 20.7. The summed E-state index contributed by atoms with van der Waals surface area (Å²) in [5.74, 6) is 0. The second-order valence-corrected chi connectivity index (χ2v) is 9.89. The van der Waals surface area contributed by atoms with Crippen LogP contribution in [0.2, 0.25) is 0 Å². The molecular formula is C34H20N4O. The molecule has 0 spiro atoms. The summed E-state index contributed by atoms with van der Waals surface area (Å²) in [6.45, 7) is 0. The van der Waals surface area contributed by atoms with Crippen LogP contribution in [0.1, 0.15) is 0 Å². The molecule has 0 saturated carbocycles. The number of furan rings is 1. The second kappa shape index (κ2) is 7.55. The number of hydrogen-bond acceptors (Lipinski definition) is 3. The van der Waals surface area contributed by atoms with Gasteiger partial charge in [0.1, 0.15) is 11.2 Å². The zero-order chi connectivity index (χ0) is 25.5. The first kappa shape index (κ1) is 20.6. The highest BCUT2D eigenvalue weighted by Gasteiger charge is 2.22. The maximum absolute atomic E-state index is 6.15. The third-order valence-electron chi connectivity index (χ3n) is 7.79. The van der Waals surface area contributed by atoms with Gasteiger partial charge in [-0.2, -0.15) is 0 Å². The molecule has 9 aromatic rings. The van der Waals surface area contributed by atoms with Gasteiger partial charge in [0.25, 0.3) is 0 Å². The van der Waals surface area contributed by atoms with Crippen molar-refractivity contribution in [1.82, 2.24) is 19.1 Å². The third kappa shape index (κ3) is 2.73. The van der Waals surface area contributed by atoms with E-state index in [1.165, 1.54) is 0 Å². The summed E-state index contributed by atoms with van der Waals surface area (Å²) in [6.07, 6.45) is 3.84. The summed E-state index contributed by atoms with van der Waals surface area (Å²) < 4.78 is 10.8. The molecule has 0 aliphatic rings. The van der Waals surface area contributed by atoms with Crippen molar-refractivity contribution in [2.24, 2.45) is 0 Å². The average molecular weight is 501 g/mol. The number of fused-ring (bicyclic) bond motifs is 10. The molecule has 0 radical (unpaired) electrons. The molecule has 0 saturated heterocycles. The van der Waals surface area contributed by atoms with Gasteiger partial charge in [-0.1, -0.05) is 54.6 Å². The number of nitrogens with zero attached hydrogens (tertiary/aromatic N) is 4. The van der Waals surface area contributed by atoms with Crippen LogP contribution in [0, 0.1) is 0 Å². The average Bonchev–Trinajstić information content (AvgIpc) is 3.65. The Hall–Kier alpha value is -5.42. The first-order chi connectivity index (χ1) is 19.4. The molecule has 0 bridgehead atoms. The van der Waals surface area contributed by atoms with Crippen LogP contribution in [0.5, 0.6) is 0 Å². The lowest BCUT2D eigenvalue weighted by Gasteiger charge is -2.12. The lowest BCUT2D eigenvalue weighted by atomic mass is 10.1. The summed E-state index contributed by atoms with van der Waals surface area (Å²) in [4.78, 5) is 9.85. The number of pyridine rings is 2. The minimum atomic E-state index is 0.881. The first-order valence-corrected chi connectivity index (χ1v) is 13.0. The van der Waals surface area contributed by atoms with Crippen LogP contribution in [-0.4, -0.2) is 19.1 Å². The molecular weight excluding hydrogens is 480 g/mol. The summed E-state index contributed by atoms with van der Waals surface area (Å²) in [5.41, 5.74) is 10.2. The molecule has 0 N–H and O–H groups in total. The molecule has 0 fully saturated rings. The predicted octanol–water partition coefficient (Wildman–Crippen LogP) is 8.57. The van der Waals surface area contributed by atoms with Crippen molar-refractivity contribution in [1.29, 1.82) is 0 Å².